The molecule has 15 heavy (non-hydrogen) atoms. The van der Waals surface area contributed by atoms with E-state index in [4.69, 9.17) is 4.52 Å². The average molecular weight is 208 g/mol. The molecule has 1 aromatic rings. The van der Waals surface area contributed by atoms with Crippen LogP contribution in [0.4, 0.5) is 0 Å². The topological polar surface area (TPSA) is 29.3 Å². The molecule has 84 valence electrons. The fraction of sp³-hybridized carbons (Fsp3) is 0.750. The lowest BCUT2D eigenvalue weighted by Gasteiger charge is -2.38. The predicted octanol–water partition coefficient (Wildman–Crippen LogP) is 2.75. The molecule has 1 aliphatic rings. The Morgan fingerprint density at radius 3 is 2.60 bits per heavy atom. The maximum absolute atomic E-state index is 5.10. The van der Waals surface area contributed by atoms with Gasteiger partial charge in [0.1, 0.15) is 5.76 Å². The van der Waals surface area contributed by atoms with Crippen LogP contribution in [0.25, 0.3) is 0 Å². The maximum Gasteiger partial charge on any atom is 0.138 e. The predicted molar refractivity (Wildman–Crippen MR) is 59.6 cm³/mol. The molecule has 1 aromatic heterocycles. The Kier molecular flexibility index (Phi) is 3.10. The van der Waals surface area contributed by atoms with Crippen LogP contribution in [0.2, 0.25) is 0 Å². The number of hydrogen-bond donors (Lipinski definition) is 0. The number of aryl methyl sites for hydroxylation is 1. The highest BCUT2D eigenvalue weighted by Gasteiger charge is 2.25. The van der Waals surface area contributed by atoms with Crippen LogP contribution in [0.3, 0.4) is 0 Å². The molecule has 0 saturated carbocycles. The molecule has 1 saturated heterocycles. The molecular formula is C12H20N2O. The van der Waals surface area contributed by atoms with Gasteiger partial charge in [0.25, 0.3) is 0 Å². The Labute approximate surface area is 91.4 Å². The van der Waals surface area contributed by atoms with E-state index in [-0.39, 0.29) is 0 Å². The van der Waals surface area contributed by atoms with Crippen molar-refractivity contribution in [2.24, 2.45) is 0 Å². The number of likely N-dealkylation sites (tertiary alicyclic amines) is 1. The number of piperidine rings is 1. The van der Waals surface area contributed by atoms with Crippen molar-refractivity contribution < 1.29 is 4.52 Å². The van der Waals surface area contributed by atoms with Crippen molar-refractivity contribution in [2.75, 3.05) is 0 Å². The fourth-order valence-electron chi connectivity index (χ4n) is 2.45. The molecule has 3 heteroatoms. The van der Waals surface area contributed by atoms with Crippen LogP contribution in [-0.4, -0.2) is 22.1 Å². The van der Waals surface area contributed by atoms with Gasteiger partial charge in [-0.15, -0.1) is 0 Å². The van der Waals surface area contributed by atoms with E-state index in [0.717, 1.165) is 12.3 Å². The largest absolute Gasteiger partial charge is 0.361 e. The standard InChI is InChI=1S/C12H20N2O/c1-9-5-4-6-10(2)14(9)8-12-7-13-15-11(12)3/h7,9-10H,4-6,8H2,1-3H3. The monoisotopic (exact) mass is 208 g/mol. The van der Waals surface area contributed by atoms with Crippen LogP contribution in [0.5, 0.6) is 0 Å². The lowest BCUT2D eigenvalue weighted by molar-refractivity contribution is 0.0947. The summed E-state index contributed by atoms with van der Waals surface area (Å²) in [7, 11) is 0. The molecule has 0 aliphatic carbocycles. The van der Waals surface area contributed by atoms with E-state index in [1.807, 2.05) is 13.1 Å². The zero-order valence-corrected chi connectivity index (χ0v) is 9.86. The number of rotatable bonds is 2. The molecule has 2 heterocycles. The van der Waals surface area contributed by atoms with Crippen LogP contribution >= 0.6 is 0 Å². The summed E-state index contributed by atoms with van der Waals surface area (Å²) in [6.07, 6.45) is 5.84. The Balaban J connectivity index is 2.06. The van der Waals surface area contributed by atoms with Gasteiger partial charge in [0, 0.05) is 24.2 Å². The van der Waals surface area contributed by atoms with E-state index in [1.54, 1.807) is 0 Å². The molecule has 2 rings (SSSR count). The first kappa shape index (κ1) is 10.7. The first-order valence-electron chi connectivity index (χ1n) is 5.84. The molecule has 0 aromatic carbocycles. The third-order valence-corrected chi connectivity index (χ3v) is 3.58. The first-order valence-corrected chi connectivity index (χ1v) is 5.84. The van der Waals surface area contributed by atoms with E-state index >= 15 is 0 Å². The highest BCUT2D eigenvalue weighted by atomic mass is 16.5. The molecule has 2 unspecified atom stereocenters. The molecule has 0 N–H and O–H groups in total. The second-order valence-corrected chi connectivity index (χ2v) is 4.71. The highest BCUT2D eigenvalue weighted by molar-refractivity contribution is 5.11. The van der Waals surface area contributed by atoms with Gasteiger partial charge < -0.3 is 4.52 Å². The Morgan fingerprint density at radius 1 is 1.40 bits per heavy atom. The van der Waals surface area contributed by atoms with Crippen molar-refractivity contribution in [3.8, 4) is 0 Å². The summed E-state index contributed by atoms with van der Waals surface area (Å²) in [5.41, 5.74) is 1.23. The van der Waals surface area contributed by atoms with Gasteiger partial charge in [-0.1, -0.05) is 11.6 Å². The lowest BCUT2D eigenvalue weighted by atomic mass is 9.97. The van der Waals surface area contributed by atoms with Crippen LogP contribution in [0.1, 0.15) is 44.4 Å². The number of aromatic nitrogens is 1. The van der Waals surface area contributed by atoms with Gasteiger partial charge in [0.15, 0.2) is 0 Å². The number of nitrogens with zero attached hydrogens (tertiary/aromatic N) is 2. The summed E-state index contributed by atoms with van der Waals surface area (Å²) >= 11 is 0. The van der Waals surface area contributed by atoms with Crippen molar-refractivity contribution in [3.05, 3.63) is 17.5 Å². The lowest BCUT2D eigenvalue weighted by Crippen LogP contribution is -2.42. The quantitative estimate of drug-likeness (QED) is 0.748. The Morgan fingerprint density at radius 2 is 2.07 bits per heavy atom. The van der Waals surface area contributed by atoms with Gasteiger partial charge >= 0.3 is 0 Å². The van der Waals surface area contributed by atoms with Crippen molar-refractivity contribution in [1.82, 2.24) is 10.1 Å². The zero-order chi connectivity index (χ0) is 10.8. The average Bonchev–Trinajstić information content (AvgIpc) is 2.58. The zero-order valence-electron chi connectivity index (χ0n) is 9.86. The highest BCUT2D eigenvalue weighted by Crippen LogP contribution is 2.25. The van der Waals surface area contributed by atoms with E-state index in [9.17, 15) is 0 Å². The Bertz CT molecular complexity index is 311. The van der Waals surface area contributed by atoms with Crippen LogP contribution in [-0.2, 0) is 6.54 Å². The third kappa shape index (κ3) is 2.23. The minimum atomic E-state index is 0.683. The minimum Gasteiger partial charge on any atom is -0.361 e. The molecule has 2 atom stereocenters. The smallest absolute Gasteiger partial charge is 0.138 e. The van der Waals surface area contributed by atoms with Crippen LogP contribution in [0, 0.1) is 6.92 Å². The third-order valence-electron chi connectivity index (χ3n) is 3.58. The van der Waals surface area contributed by atoms with Crippen molar-refractivity contribution in [2.45, 2.75) is 58.7 Å². The summed E-state index contributed by atoms with van der Waals surface area (Å²) < 4.78 is 5.10. The minimum absolute atomic E-state index is 0.683. The SMILES string of the molecule is Cc1oncc1CN1C(C)CCCC1C. The van der Waals surface area contributed by atoms with Gasteiger partial charge in [-0.05, 0) is 33.6 Å². The van der Waals surface area contributed by atoms with Crippen molar-refractivity contribution in [3.63, 3.8) is 0 Å². The molecule has 1 fully saturated rings. The summed E-state index contributed by atoms with van der Waals surface area (Å²) in [6, 6.07) is 1.37. The first-order chi connectivity index (χ1) is 7.18. The second-order valence-electron chi connectivity index (χ2n) is 4.71. The van der Waals surface area contributed by atoms with Crippen molar-refractivity contribution >= 4 is 0 Å². The summed E-state index contributed by atoms with van der Waals surface area (Å²) in [6.45, 7) is 7.61. The Hall–Kier alpha value is -0.830. The normalized spacial score (nSPS) is 28.2. The van der Waals surface area contributed by atoms with E-state index < -0.39 is 0 Å². The summed E-state index contributed by atoms with van der Waals surface area (Å²) in [4.78, 5) is 2.56. The van der Waals surface area contributed by atoms with Gasteiger partial charge in [-0.3, -0.25) is 4.90 Å². The fourth-order valence-corrected chi connectivity index (χ4v) is 2.45. The molecule has 0 radical (unpaired) electrons. The second kappa shape index (κ2) is 4.35. The molecule has 1 aliphatic heterocycles. The van der Waals surface area contributed by atoms with Crippen LogP contribution < -0.4 is 0 Å². The molecule has 0 amide bonds. The van der Waals surface area contributed by atoms with E-state index in [2.05, 4.69) is 23.9 Å². The molecule has 3 nitrogen and oxygen atoms in total. The summed E-state index contributed by atoms with van der Waals surface area (Å²) in [5.74, 6) is 0.958. The van der Waals surface area contributed by atoms with Gasteiger partial charge in [-0.2, -0.15) is 0 Å². The van der Waals surface area contributed by atoms with Gasteiger partial charge in [0.05, 0.1) is 6.20 Å². The van der Waals surface area contributed by atoms with Crippen molar-refractivity contribution in [1.29, 1.82) is 0 Å². The van der Waals surface area contributed by atoms with E-state index in [1.165, 1.54) is 24.8 Å². The molecule has 0 spiro atoms. The van der Waals surface area contributed by atoms with E-state index in [0.29, 0.717) is 12.1 Å². The maximum atomic E-state index is 5.10. The number of hydrogen-bond acceptors (Lipinski definition) is 3. The van der Waals surface area contributed by atoms with Gasteiger partial charge in [-0.25, -0.2) is 0 Å². The molecular weight excluding hydrogens is 188 g/mol. The van der Waals surface area contributed by atoms with Gasteiger partial charge in [0.2, 0.25) is 0 Å². The van der Waals surface area contributed by atoms with Crippen LogP contribution in [0.15, 0.2) is 10.7 Å². The molecule has 0 bridgehead atoms. The summed E-state index contributed by atoms with van der Waals surface area (Å²) in [5, 5.41) is 3.84.